The van der Waals surface area contributed by atoms with Gasteiger partial charge in [-0.15, -0.1) is 0 Å². The van der Waals surface area contributed by atoms with Crippen molar-refractivity contribution in [3.63, 3.8) is 0 Å². The maximum atomic E-state index is 13.6. The Morgan fingerprint density at radius 2 is 1.96 bits per heavy atom. The molecule has 3 rings (SSSR count). The molecule has 0 aliphatic rings. The second kappa shape index (κ2) is 7.40. The zero-order chi connectivity index (χ0) is 17.8. The van der Waals surface area contributed by atoms with Gasteiger partial charge < -0.3 is 10.6 Å². The van der Waals surface area contributed by atoms with Crippen LogP contribution in [0, 0.1) is 18.6 Å². The molecule has 0 aliphatic heterocycles. The predicted octanol–water partition coefficient (Wildman–Crippen LogP) is 4.33. The quantitative estimate of drug-likeness (QED) is 0.682. The van der Waals surface area contributed by atoms with Crippen LogP contribution < -0.4 is 10.6 Å². The monoisotopic (exact) mass is 358 g/mol. The summed E-state index contributed by atoms with van der Waals surface area (Å²) in [7, 11) is 0. The zero-order valence-electron chi connectivity index (χ0n) is 13.5. The average Bonchev–Trinajstić information content (AvgIpc) is 3.00. The van der Waals surface area contributed by atoms with Crippen molar-refractivity contribution in [3.8, 4) is 0 Å². The Hall–Kier alpha value is -2.80. The van der Waals surface area contributed by atoms with Crippen LogP contribution in [0.15, 0.2) is 54.9 Å². The van der Waals surface area contributed by atoms with Crippen molar-refractivity contribution in [2.75, 3.05) is 10.6 Å². The molecule has 0 amide bonds. The third-order valence-corrected chi connectivity index (χ3v) is 3.87. The number of hydrogen-bond donors (Lipinski definition) is 2. The van der Waals surface area contributed by atoms with Crippen LogP contribution in [0.1, 0.15) is 11.1 Å². The number of nitrogens with zero attached hydrogens (tertiary/aromatic N) is 2. The van der Waals surface area contributed by atoms with E-state index in [1.165, 1.54) is 11.1 Å². The first-order valence-electron chi connectivity index (χ1n) is 7.61. The van der Waals surface area contributed by atoms with Gasteiger partial charge in [0.2, 0.25) is 0 Å². The molecule has 3 aromatic rings. The second-order valence-corrected chi connectivity index (χ2v) is 5.96. The maximum absolute atomic E-state index is 13.6. The van der Waals surface area contributed by atoms with Crippen LogP contribution in [0.5, 0.6) is 0 Å². The largest absolute Gasteiger partial charge is 0.330 e. The van der Waals surface area contributed by atoms with Gasteiger partial charge in [-0.3, -0.25) is 4.68 Å². The summed E-state index contributed by atoms with van der Waals surface area (Å²) < 4.78 is 28.6. The van der Waals surface area contributed by atoms with Gasteiger partial charge in [-0.2, -0.15) is 5.10 Å². The summed E-state index contributed by atoms with van der Waals surface area (Å²) in [5, 5.41) is 9.97. The van der Waals surface area contributed by atoms with Crippen molar-refractivity contribution < 1.29 is 8.78 Å². The van der Waals surface area contributed by atoms with Crippen LogP contribution in [-0.2, 0) is 6.54 Å². The summed E-state index contributed by atoms with van der Waals surface area (Å²) in [6, 6.07) is 11.2. The molecule has 128 valence electrons. The number of anilines is 2. The lowest BCUT2D eigenvalue weighted by molar-refractivity contribution is 0.604. The van der Waals surface area contributed by atoms with E-state index in [-0.39, 0.29) is 10.8 Å². The van der Waals surface area contributed by atoms with Crippen LogP contribution in [0.4, 0.5) is 20.2 Å². The molecule has 0 unspecified atom stereocenters. The normalized spacial score (nSPS) is 10.5. The number of halogens is 2. The van der Waals surface area contributed by atoms with Crippen molar-refractivity contribution in [3.05, 3.63) is 77.6 Å². The Morgan fingerprint density at radius 3 is 2.76 bits per heavy atom. The molecule has 7 heteroatoms. The molecule has 25 heavy (non-hydrogen) atoms. The van der Waals surface area contributed by atoms with Gasteiger partial charge in [-0.05, 0) is 42.4 Å². The Morgan fingerprint density at radius 1 is 1.16 bits per heavy atom. The molecule has 1 aromatic heterocycles. The summed E-state index contributed by atoms with van der Waals surface area (Å²) >= 11 is 5.13. The van der Waals surface area contributed by atoms with Crippen molar-refractivity contribution in [2.24, 2.45) is 0 Å². The lowest BCUT2D eigenvalue weighted by atomic mass is 10.1. The molecule has 0 aliphatic carbocycles. The van der Waals surface area contributed by atoms with E-state index < -0.39 is 11.6 Å². The van der Waals surface area contributed by atoms with Gasteiger partial charge in [0.05, 0.1) is 24.1 Å². The van der Waals surface area contributed by atoms with Crippen molar-refractivity contribution in [2.45, 2.75) is 13.5 Å². The van der Waals surface area contributed by atoms with Gasteiger partial charge in [0, 0.05) is 12.3 Å². The molecular formula is C18H16F2N4S. The fourth-order valence-corrected chi connectivity index (χ4v) is 2.58. The van der Waals surface area contributed by atoms with E-state index in [4.69, 9.17) is 12.2 Å². The topological polar surface area (TPSA) is 41.9 Å². The highest BCUT2D eigenvalue weighted by Crippen LogP contribution is 2.16. The van der Waals surface area contributed by atoms with Gasteiger partial charge in [-0.25, -0.2) is 8.78 Å². The minimum absolute atomic E-state index is 0.0233. The highest BCUT2D eigenvalue weighted by molar-refractivity contribution is 7.80. The minimum Gasteiger partial charge on any atom is -0.330 e. The summed E-state index contributed by atoms with van der Waals surface area (Å²) in [5.41, 5.74) is 2.98. The first-order chi connectivity index (χ1) is 12.0. The molecule has 0 fully saturated rings. The SMILES string of the molecule is Cc1ccccc1Cn1cc(NC(=S)Nc2cc(F)ccc2F)cn1. The number of rotatable bonds is 4. The smallest absolute Gasteiger partial charge is 0.175 e. The first-order valence-corrected chi connectivity index (χ1v) is 8.02. The zero-order valence-corrected chi connectivity index (χ0v) is 14.3. The Kier molecular flexibility index (Phi) is 5.04. The average molecular weight is 358 g/mol. The van der Waals surface area contributed by atoms with E-state index >= 15 is 0 Å². The van der Waals surface area contributed by atoms with Crippen LogP contribution in [0.3, 0.4) is 0 Å². The third-order valence-electron chi connectivity index (χ3n) is 3.66. The summed E-state index contributed by atoms with van der Waals surface area (Å²) in [6.07, 6.45) is 3.41. The van der Waals surface area contributed by atoms with Crippen LogP contribution in [0.2, 0.25) is 0 Å². The van der Waals surface area contributed by atoms with E-state index in [0.29, 0.717) is 12.2 Å². The van der Waals surface area contributed by atoms with Crippen LogP contribution >= 0.6 is 12.2 Å². The number of hydrogen-bond acceptors (Lipinski definition) is 2. The fourth-order valence-electron chi connectivity index (χ4n) is 2.35. The van der Waals surface area contributed by atoms with E-state index in [9.17, 15) is 8.78 Å². The van der Waals surface area contributed by atoms with E-state index in [2.05, 4.69) is 15.7 Å². The van der Waals surface area contributed by atoms with Gasteiger partial charge in [0.1, 0.15) is 11.6 Å². The van der Waals surface area contributed by atoms with Gasteiger partial charge >= 0.3 is 0 Å². The lowest BCUT2D eigenvalue weighted by Gasteiger charge is -2.10. The molecule has 0 saturated carbocycles. The summed E-state index contributed by atoms with van der Waals surface area (Å²) in [5.74, 6) is -1.13. The van der Waals surface area contributed by atoms with E-state index in [1.54, 1.807) is 17.1 Å². The molecule has 0 saturated heterocycles. The van der Waals surface area contributed by atoms with Crippen LogP contribution in [0.25, 0.3) is 0 Å². The maximum Gasteiger partial charge on any atom is 0.175 e. The van der Waals surface area contributed by atoms with E-state index in [1.807, 2.05) is 31.2 Å². The minimum atomic E-state index is -0.583. The number of thiocarbonyl (C=S) groups is 1. The molecule has 2 N–H and O–H groups in total. The molecule has 2 aromatic carbocycles. The van der Waals surface area contributed by atoms with Crippen molar-refractivity contribution in [1.29, 1.82) is 0 Å². The lowest BCUT2D eigenvalue weighted by Crippen LogP contribution is -2.19. The molecule has 0 radical (unpaired) electrons. The highest BCUT2D eigenvalue weighted by Gasteiger charge is 2.07. The second-order valence-electron chi connectivity index (χ2n) is 5.56. The Bertz CT molecular complexity index is 908. The van der Waals surface area contributed by atoms with E-state index in [0.717, 1.165) is 18.2 Å². The van der Waals surface area contributed by atoms with Gasteiger partial charge in [0.15, 0.2) is 5.11 Å². The third kappa shape index (κ3) is 4.39. The van der Waals surface area contributed by atoms with Crippen molar-refractivity contribution >= 4 is 28.7 Å². The Balaban J connectivity index is 1.64. The number of nitrogens with one attached hydrogen (secondary N) is 2. The summed E-state index contributed by atoms with van der Waals surface area (Å²) in [4.78, 5) is 0. The predicted molar refractivity (Wildman–Crippen MR) is 98.7 cm³/mol. The first kappa shape index (κ1) is 17.0. The van der Waals surface area contributed by atoms with Crippen LogP contribution in [-0.4, -0.2) is 14.9 Å². The highest BCUT2D eigenvalue weighted by atomic mass is 32.1. The number of aryl methyl sites for hydroxylation is 1. The molecule has 0 atom stereocenters. The summed E-state index contributed by atoms with van der Waals surface area (Å²) in [6.45, 7) is 2.68. The molecule has 1 heterocycles. The molecular weight excluding hydrogens is 342 g/mol. The number of benzene rings is 2. The number of aromatic nitrogens is 2. The Labute approximate surface area is 149 Å². The van der Waals surface area contributed by atoms with Gasteiger partial charge in [0.25, 0.3) is 0 Å². The fraction of sp³-hybridized carbons (Fsp3) is 0.111. The van der Waals surface area contributed by atoms with Crippen molar-refractivity contribution in [1.82, 2.24) is 9.78 Å². The molecule has 0 bridgehead atoms. The molecule has 0 spiro atoms. The molecule has 4 nitrogen and oxygen atoms in total. The van der Waals surface area contributed by atoms with Gasteiger partial charge in [-0.1, -0.05) is 24.3 Å². The standard InChI is InChI=1S/C18H16F2N4S/c1-12-4-2-3-5-13(12)10-24-11-15(9-21-24)22-18(25)23-17-8-14(19)6-7-16(17)20/h2-9,11H,10H2,1H3,(H2,22,23,25).